The average Bonchev–Trinajstić information content (AvgIpc) is 3.51. The minimum Gasteiger partial charge on any atom is -0.486 e. The number of hydrogen-bond donors (Lipinski definition) is 0. The van der Waals surface area contributed by atoms with Gasteiger partial charge in [-0.2, -0.15) is 0 Å². The molecule has 0 saturated heterocycles. The van der Waals surface area contributed by atoms with Crippen LogP contribution in [0.3, 0.4) is 0 Å². The van der Waals surface area contributed by atoms with Crippen LogP contribution in [-0.2, 0) is 20.1 Å². The Bertz CT molecular complexity index is 1970. The Morgan fingerprint density at radius 1 is 0.825 bits per heavy atom. The van der Waals surface area contributed by atoms with Gasteiger partial charge in [0, 0.05) is 54.0 Å². The molecule has 5 aromatic heterocycles. The first-order chi connectivity index (χ1) is 18.9. The fourth-order valence-corrected chi connectivity index (χ4v) is 5.58. The summed E-state index contributed by atoms with van der Waals surface area (Å²) >= 11 is 1.74. The summed E-state index contributed by atoms with van der Waals surface area (Å²) in [5, 5.41) is 5.42. The molecule has 0 bridgehead atoms. The SMILES string of the molecule is Cc1c[c-]c(-c2cc(C)c(C)cn2)cc1.Cc1ccc2c(n1)oc1c(-c3nccc4scc(C)c34)[c-]ccc12.[Ir]. The fourth-order valence-electron chi connectivity index (χ4n) is 4.65. The Morgan fingerprint density at radius 2 is 1.68 bits per heavy atom. The van der Waals surface area contributed by atoms with Crippen LogP contribution in [0.25, 0.3) is 54.7 Å². The maximum absolute atomic E-state index is 6.11. The number of pyridine rings is 3. The van der Waals surface area contributed by atoms with Crippen LogP contribution in [0.15, 0.2) is 76.8 Å². The first kappa shape index (κ1) is 27.9. The van der Waals surface area contributed by atoms with Crippen molar-refractivity contribution in [2.75, 3.05) is 0 Å². The first-order valence-electron chi connectivity index (χ1n) is 12.8. The maximum atomic E-state index is 6.11. The summed E-state index contributed by atoms with van der Waals surface area (Å²) in [6.45, 7) is 10.3. The molecule has 7 aromatic rings. The van der Waals surface area contributed by atoms with Gasteiger partial charge in [0.2, 0.25) is 5.71 Å². The summed E-state index contributed by atoms with van der Waals surface area (Å²) < 4.78 is 7.33. The van der Waals surface area contributed by atoms with E-state index in [9.17, 15) is 0 Å². The summed E-state index contributed by atoms with van der Waals surface area (Å²) in [7, 11) is 0. The van der Waals surface area contributed by atoms with E-state index in [1.807, 2.05) is 43.6 Å². The van der Waals surface area contributed by atoms with Crippen LogP contribution in [0.1, 0.15) is 27.9 Å². The van der Waals surface area contributed by atoms with Gasteiger partial charge >= 0.3 is 0 Å². The van der Waals surface area contributed by atoms with E-state index in [2.05, 4.69) is 90.5 Å². The van der Waals surface area contributed by atoms with E-state index >= 15 is 0 Å². The van der Waals surface area contributed by atoms with E-state index in [1.165, 1.54) is 32.3 Å². The second-order valence-corrected chi connectivity index (χ2v) is 10.8. The molecular formula is C34H27IrN3OS-2. The third-order valence-electron chi connectivity index (χ3n) is 6.96. The molecule has 0 saturated carbocycles. The second-order valence-electron chi connectivity index (χ2n) is 9.89. The molecular weight excluding hydrogens is 691 g/mol. The summed E-state index contributed by atoms with van der Waals surface area (Å²) in [5.41, 5.74) is 11.2. The molecule has 0 amide bonds. The molecule has 0 aliphatic rings. The van der Waals surface area contributed by atoms with Gasteiger partial charge in [0.25, 0.3) is 0 Å². The number of nitrogens with zero attached hydrogens (tertiary/aromatic N) is 3. The van der Waals surface area contributed by atoms with Crippen LogP contribution in [0.2, 0.25) is 0 Å². The van der Waals surface area contributed by atoms with Crippen LogP contribution < -0.4 is 0 Å². The van der Waals surface area contributed by atoms with Crippen LogP contribution >= 0.6 is 11.3 Å². The molecule has 201 valence electrons. The zero-order valence-electron chi connectivity index (χ0n) is 22.9. The van der Waals surface area contributed by atoms with Crippen LogP contribution in [0.5, 0.6) is 0 Å². The Hall–Kier alpha value is -3.70. The number of hydrogen-bond acceptors (Lipinski definition) is 5. The molecule has 40 heavy (non-hydrogen) atoms. The Balaban J connectivity index is 0.000000175. The van der Waals surface area contributed by atoms with Crippen molar-refractivity contribution >= 4 is 43.5 Å². The van der Waals surface area contributed by atoms with Crippen molar-refractivity contribution in [3.8, 4) is 22.5 Å². The quantitative estimate of drug-likeness (QED) is 0.168. The maximum Gasteiger partial charge on any atom is 0.216 e. The molecule has 1 radical (unpaired) electrons. The van der Waals surface area contributed by atoms with E-state index in [1.54, 1.807) is 11.3 Å². The van der Waals surface area contributed by atoms with Gasteiger partial charge < -0.3 is 14.4 Å². The minimum absolute atomic E-state index is 0. The summed E-state index contributed by atoms with van der Waals surface area (Å²) in [6.07, 6.45) is 3.77. The molecule has 5 heterocycles. The standard InChI is InChI=1S/C20H13N2OS.C14H14N.Ir/c1-11-10-24-16-8-9-21-18(17(11)16)15-5-3-4-13-14-7-6-12(2)22-20(14)23-19(13)15;1-10-4-6-13(7-5-10)14-8-11(2)12(3)9-15-14;/h3-4,6-10H,1-2H3;4-6,8-9H,1-3H3;/q2*-1;. The van der Waals surface area contributed by atoms with E-state index in [-0.39, 0.29) is 20.1 Å². The number of thiophene rings is 1. The molecule has 0 fully saturated rings. The predicted molar refractivity (Wildman–Crippen MR) is 161 cm³/mol. The van der Waals surface area contributed by atoms with Crippen molar-refractivity contribution in [1.82, 2.24) is 15.0 Å². The number of fused-ring (bicyclic) bond motifs is 4. The zero-order valence-corrected chi connectivity index (χ0v) is 26.1. The number of aromatic nitrogens is 3. The predicted octanol–water partition coefficient (Wildman–Crippen LogP) is 9.15. The van der Waals surface area contributed by atoms with Gasteiger partial charge in [0.05, 0.1) is 5.58 Å². The van der Waals surface area contributed by atoms with Crippen molar-refractivity contribution in [3.05, 3.63) is 112 Å². The Labute approximate surface area is 251 Å². The van der Waals surface area contributed by atoms with Gasteiger partial charge in [-0.1, -0.05) is 29.5 Å². The third-order valence-corrected chi connectivity index (χ3v) is 8.03. The molecule has 0 unspecified atom stereocenters. The molecule has 0 aliphatic carbocycles. The van der Waals surface area contributed by atoms with Crippen molar-refractivity contribution in [2.24, 2.45) is 0 Å². The zero-order chi connectivity index (χ0) is 27.1. The normalized spacial score (nSPS) is 10.9. The van der Waals surface area contributed by atoms with E-state index in [0.717, 1.165) is 44.6 Å². The van der Waals surface area contributed by atoms with E-state index in [0.29, 0.717) is 5.71 Å². The topological polar surface area (TPSA) is 51.8 Å². The second kappa shape index (κ2) is 11.4. The number of furan rings is 1. The molecule has 0 aliphatic heterocycles. The van der Waals surface area contributed by atoms with Crippen molar-refractivity contribution in [1.29, 1.82) is 0 Å². The summed E-state index contributed by atoms with van der Waals surface area (Å²) in [5.74, 6) is 0. The van der Waals surface area contributed by atoms with Gasteiger partial charge in [-0.05, 0) is 73.5 Å². The molecule has 0 N–H and O–H groups in total. The van der Waals surface area contributed by atoms with E-state index in [4.69, 9.17) is 4.42 Å². The largest absolute Gasteiger partial charge is 0.486 e. The molecule has 0 atom stereocenters. The van der Waals surface area contributed by atoms with Gasteiger partial charge in [-0.3, -0.25) is 0 Å². The van der Waals surface area contributed by atoms with Crippen LogP contribution in [0, 0.1) is 46.8 Å². The number of aryl methyl sites for hydroxylation is 5. The van der Waals surface area contributed by atoms with Gasteiger partial charge in [0.1, 0.15) is 0 Å². The smallest absolute Gasteiger partial charge is 0.216 e. The van der Waals surface area contributed by atoms with Gasteiger partial charge in [-0.25, -0.2) is 4.98 Å². The Morgan fingerprint density at radius 3 is 2.45 bits per heavy atom. The minimum atomic E-state index is 0. The van der Waals surface area contributed by atoms with Crippen molar-refractivity contribution in [2.45, 2.75) is 34.6 Å². The van der Waals surface area contributed by atoms with E-state index < -0.39 is 0 Å². The fraction of sp³-hybridized carbons (Fsp3) is 0.147. The molecule has 4 nitrogen and oxygen atoms in total. The van der Waals surface area contributed by atoms with Gasteiger partial charge in [0.15, 0.2) is 0 Å². The van der Waals surface area contributed by atoms with Crippen molar-refractivity contribution < 1.29 is 24.5 Å². The number of rotatable bonds is 2. The molecule has 0 spiro atoms. The monoisotopic (exact) mass is 718 g/mol. The van der Waals surface area contributed by atoms with Crippen LogP contribution in [0.4, 0.5) is 0 Å². The summed E-state index contributed by atoms with van der Waals surface area (Å²) in [6, 6.07) is 24.9. The molecule has 6 heteroatoms. The van der Waals surface area contributed by atoms with Gasteiger partial charge in [-0.15, -0.1) is 64.9 Å². The third kappa shape index (κ3) is 5.23. The van der Waals surface area contributed by atoms with Crippen molar-refractivity contribution in [3.63, 3.8) is 0 Å². The average molecular weight is 718 g/mol. The first-order valence-corrected chi connectivity index (χ1v) is 13.7. The molecule has 7 rings (SSSR count). The van der Waals surface area contributed by atoms with Crippen LogP contribution in [-0.4, -0.2) is 15.0 Å². The summed E-state index contributed by atoms with van der Waals surface area (Å²) in [4.78, 5) is 13.6. The molecule has 2 aromatic carbocycles. The Kier molecular flexibility index (Phi) is 7.95. The number of benzene rings is 2.